The Balaban J connectivity index is 1.61. The Bertz CT molecular complexity index is 1240. The van der Waals surface area contributed by atoms with E-state index in [1.54, 1.807) is 33.4 Å². The number of nitrogens with one attached hydrogen (secondary N) is 1. The molecule has 0 radical (unpaired) electrons. The lowest BCUT2D eigenvalue weighted by Crippen LogP contribution is -2.38. The second-order valence-corrected chi connectivity index (χ2v) is 8.93. The van der Waals surface area contributed by atoms with E-state index in [-0.39, 0.29) is 12.3 Å². The van der Waals surface area contributed by atoms with Crippen LogP contribution in [0.2, 0.25) is 0 Å². The molecule has 3 heterocycles. The summed E-state index contributed by atoms with van der Waals surface area (Å²) < 4.78 is 16.1. The minimum Gasteiger partial charge on any atom is -0.497 e. The molecule has 0 spiro atoms. The fourth-order valence-electron chi connectivity index (χ4n) is 4.18. The van der Waals surface area contributed by atoms with Gasteiger partial charge in [-0.25, -0.2) is 9.79 Å². The van der Waals surface area contributed by atoms with Crippen molar-refractivity contribution in [1.82, 2.24) is 15.2 Å². The summed E-state index contributed by atoms with van der Waals surface area (Å²) in [4.78, 5) is 36.6. The lowest BCUT2D eigenvalue weighted by atomic mass is 9.93. The lowest BCUT2D eigenvalue weighted by molar-refractivity contribution is -0.136. The molecule has 1 atom stereocenters. The number of fused-ring (bicyclic) bond motifs is 1. The average Bonchev–Trinajstić information content (AvgIpc) is 3.29. The van der Waals surface area contributed by atoms with Crippen LogP contribution in [-0.4, -0.2) is 54.8 Å². The van der Waals surface area contributed by atoms with Crippen molar-refractivity contribution in [2.24, 2.45) is 4.99 Å². The monoisotopic (exact) mass is 508 g/mol. The van der Waals surface area contributed by atoms with Crippen LogP contribution in [0.15, 0.2) is 70.0 Å². The number of amides is 1. The molecule has 10 heteroatoms. The van der Waals surface area contributed by atoms with Crippen LogP contribution in [0.4, 0.5) is 0 Å². The van der Waals surface area contributed by atoms with Crippen molar-refractivity contribution in [3.8, 4) is 11.5 Å². The first kappa shape index (κ1) is 25.3. The number of carbonyl (C=O) groups excluding carboxylic acids is 2. The molecule has 1 N–H and O–H groups in total. The third-order valence-electron chi connectivity index (χ3n) is 5.91. The number of pyridine rings is 1. The number of hydrogen-bond acceptors (Lipinski definition) is 9. The highest BCUT2D eigenvalue weighted by Crippen LogP contribution is 2.47. The Kier molecular flexibility index (Phi) is 7.94. The molecule has 188 valence electrons. The molecule has 1 amide bonds. The van der Waals surface area contributed by atoms with Crippen LogP contribution < -0.4 is 14.8 Å². The number of aliphatic imine (C=N–C) groups is 1. The van der Waals surface area contributed by atoms with E-state index in [0.717, 1.165) is 17.0 Å². The molecule has 2 aromatic rings. The zero-order valence-corrected chi connectivity index (χ0v) is 21.4. The SMILES string of the molecule is COC(=O)C1=C(C)N=C2SC=C(CC(=O)NCCc3ccccn3)N2[C@H]1c1ccc(OC)cc1OC. The van der Waals surface area contributed by atoms with Gasteiger partial charge in [-0.15, -0.1) is 0 Å². The van der Waals surface area contributed by atoms with Gasteiger partial charge in [-0.3, -0.25) is 9.78 Å². The molecule has 0 saturated carbocycles. The Morgan fingerprint density at radius 2 is 1.97 bits per heavy atom. The van der Waals surface area contributed by atoms with Crippen LogP contribution in [0.1, 0.15) is 30.6 Å². The van der Waals surface area contributed by atoms with Crippen molar-refractivity contribution in [2.45, 2.75) is 25.8 Å². The number of thioether (sulfide) groups is 1. The lowest BCUT2D eigenvalue weighted by Gasteiger charge is -2.36. The van der Waals surface area contributed by atoms with Gasteiger partial charge in [0.05, 0.1) is 45.1 Å². The molecule has 1 aromatic heterocycles. The second-order valence-electron chi connectivity index (χ2n) is 8.09. The molecule has 0 aliphatic carbocycles. The Labute approximate surface area is 214 Å². The Morgan fingerprint density at radius 1 is 1.14 bits per heavy atom. The highest BCUT2D eigenvalue weighted by molar-refractivity contribution is 8.16. The maximum atomic E-state index is 12.9. The maximum absolute atomic E-state index is 12.9. The number of methoxy groups -OCH3 is 3. The summed E-state index contributed by atoms with van der Waals surface area (Å²) in [5.74, 6) is 0.546. The number of aromatic nitrogens is 1. The molecule has 1 aromatic carbocycles. The first-order valence-corrected chi connectivity index (χ1v) is 12.3. The van der Waals surface area contributed by atoms with Gasteiger partial charge < -0.3 is 24.4 Å². The summed E-state index contributed by atoms with van der Waals surface area (Å²) in [6.45, 7) is 2.25. The molecule has 0 fully saturated rings. The first-order valence-electron chi connectivity index (χ1n) is 11.4. The van der Waals surface area contributed by atoms with Gasteiger partial charge >= 0.3 is 5.97 Å². The summed E-state index contributed by atoms with van der Waals surface area (Å²) in [6.07, 6.45) is 2.49. The van der Waals surface area contributed by atoms with Crippen LogP contribution in [0.5, 0.6) is 11.5 Å². The first-order chi connectivity index (χ1) is 17.5. The van der Waals surface area contributed by atoms with E-state index in [4.69, 9.17) is 14.2 Å². The van der Waals surface area contributed by atoms with Crippen LogP contribution in [0.25, 0.3) is 0 Å². The third-order valence-corrected chi connectivity index (χ3v) is 6.80. The summed E-state index contributed by atoms with van der Waals surface area (Å²) in [5.41, 5.74) is 3.31. The van der Waals surface area contributed by atoms with Gasteiger partial charge in [0.15, 0.2) is 5.17 Å². The van der Waals surface area contributed by atoms with Crippen molar-refractivity contribution in [1.29, 1.82) is 0 Å². The van der Waals surface area contributed by atoms with Gasteiger partial charge in [-0.05, 0) is 36.6 Å². The van der Waals surface area contributed by atoms with Crippen LogP contribution >= 0.6 is 11.8 Å². The fourth-order valence-corrected chi connectivity index (χ4v) is 5.15. The Hall–Kier alpha value is -3.79. The largest absolute Gasteiger partial charge is 0.497 e. The molecule has 0 bridgehead atoms. The smallest absolute Gasteiger partial charge is 0.338 e. The van der Waals surface area contributed by atoms with Gasteiger partial charge in [0.2, 0.25) is 5.91 Å². The molecule has 0 unspecified atom stereocenters. The standard InChI is InChI=1S/C26H28N4O5S/c1-16-23(25(32)35-4)24(20-9-8-19(33-2)14-21(20)34-3)30-18(15-36-26(30)29-16)13-22(31)28-12-10-17-7-5-6-11-27-17/h5-9,11,14-15,24H,10,12-13H2,1-4H3,(H,28,31)/t24-/m0/s1. The normalized spacial score (nSPS) is 16.7. The van der Waals surface area contributed by atoms with Gasteiger partial charge in [0.25, 0.3) is 0 Å². The zero-order chi connectivity index (χ0) is 25.7. The van der Waals surface area contributed by atoms with Crippen molar-refractivity contribution >= 4 is 28.8 Å². The van der Waals surface area contributed by atoms with Gasteiger partial charge in [-0.2, -0.15) is 0 Å². The fraction of sp³-hybridized carbons (Fsp3) is 0.308. The molecule has 2 aliphatic rings. The number of amidine groups is 1. The topological polar surface area (TPSA) is 102 Å². The molecule has 2 aliphatic heterocycles. The van der Waals surface area contributed by atoms with Crippen LogP contribution in [-0.2, 0) is 20.7 Å². The zero-order valence-electron chi connectivity index (χ0n) is 20.6. The van der Waals surface area contributed by atoms with E-state index >= 15 is 0 Å². The summed E-state index contributed by atoms with van der Waals surface area (Å²) >= 11 is 1.41. The number of hydrogen-bond donors (Lipinski definition) is 1. The minimum atomic E-state index is -0.589. The van der Waals surface area contributed by atoms with Crippen molar-refractivity contribution < 1.29 is 23.8 Å². The number of allylic oxidation sites excluding steroid dienone is 1. The number of rotatable bonds is 9. The van der Waals surface area contributed by atoms with Crippen LogP contribution in [0.3, 0.4) is 0 Å². The number of ether oxygens (including phenoxy) is 3. The molecule has 4 rings (SSSR count). The minimum absolute atomic E-state index is 0.122. The third kappa shape index (κ3) is 5.23. The molecule has 0 saturated heterocycles. The number of carbonyl (C=O) groups is 2. The summed E-state index contributed by atoms with van der Waals surface area (Å²) in [5, 5.41) is 5.54. The quantitative estimate of drug-likeness (QED) is 0.513. The van der Waals surface area contributed by atoms with E-state index in [0.29, 0.717) is 40.9 Å². The van der Waals surface area contributed by atoms with E-state index < -0.39 is 12.0 Å². The van der Waals surface area contributed by atoms with E-state index in [1.165, 1.54) is 18.9 Å². The molecular formula is C26H28N4O5S. The predicted molar refractivity (Wildman–Crippen MR) is 138 cm³/mol. The second kappa shape index (κ2) is 11.3. The maximum Gasteiger partial charge on any atom is 0.338 e. The molecular weight excluding hydrogens is 480 g/mol. The van der Waals surface area contributed by atoms with Gasteiger partial charge in [-0.1, -0.05) is 17.8 Å². The van der Waals surface area contributed by atoms with Crippen molar-refractivity contribution in [2.75, 3.05) is 27.9 Å². The van der Waals surface area contributed by atoms with Crippen molar-refractivity contribution in [3.05, 3.63) is 76.2 Å². The van der Waals surface area contributed by atoms with Crippen molar-refractivity contribution in [3.63, 3.8) is 0 Å². The Morgan fingerprint density at radius 3 is 2.67 bits per heavy atom. The highest BCUT2D eigenvalue weighted by Gasteiger charge is 2.42. The van der Waals surface area contributed by atoms with Gasteiger partial charge in [0, 0.05) is 42.2 Å². The van der Waals surface area contributed by atoms with Gasteiger partial charge in [0.1, 0.15) is 11.5 Å². The van der Waals surface area contributed by atoms with E-state index in [9.17, 15) is 9.59 Å². The van der Waals surface area contributed by atoms with E-state index in [2.05, 4.69) is 15.3 Å². The summed E-state index contributed by atoms with van der Waals surface area (Å²) in [6, 6.07) is 10.5. The molecule has 36 heavy (non-hydrogen) atoms. The number of nitrogens with zero attached hydrogens (tertiary/aromatic N) is 3. The predicted octanol–water partition coefficient (Wildman–Crippen LogP) is 3.60. The number of benzene rings is 1. The number of esters is 1. The van der Waals surface area contributed by atoms with Crippen LogP contribution in [0, 0.1) is 0 Å². The highest BCUT2D eigenvalue weighted by atomic mass is 32.2. The summed E-state index contributed by atoms with van der Waals surface area (Å²) in [7, 11) is 4.48. The average molecular weight is 509 g/mol. The molecule has 9 nitrogen and oxygen atoms in total. The van der Waals surface area contributed by atoms with E-state index in [1.807, 2.05) is 40.6 Å².